The van der Waals surface area contributed by atoms with E-state index in [1.807, 2.05) is 32.3 Å². The molecule has 0 aliphatic carbocycles. The van der Waals surface area contributed by atoms with Crippen LogP contribution >= 0.6 is 11.3 Å². The maximum absolute atomic E-state index is 13.7. The van der Waals surface area contributed by atoms with E-state index in [9.17, 15) is 4.39 Å². The number of nitrogens with zero attached hydrogens (tertiary/aromatic N) is 1. The van der Waals surface area contributed by atoms with Gasteiger partial charge < -0.3 is 5.32 Å². The molecule has 0 aliphatic rings. The molecule has 0 radical (unpaired) electrons. The molecular weight excluding hydrogens is 235 g/mol. The minimum atomic E-state index is -0.209. The number of nitrogens with one attached hydrogen (secondary N) is 1. The van der Waals surface area contributed by atoms with Gasteiger partial charge in [0, 0.05) is 4.88 Å². The van der Waals surface area contributed by atoms with Crippen LogP contribution in [0.3, 0.4) is 0 Å². The van der Waals surface area contributed by atoms with Gasteiger partial charge in [0.15, 0.2) is 0 Å². The molecule has 0 amide bonds. The van der Waals surface area contributed by atoms with E-state index in [0.717, 1.165) is 16.1 Å². The summed E-state index contributed by atoms with van der Waals surface area (Å²) in [5, 5.41) is 3.22. The standard InChI is InChI=1S/C13H15FN2S/c1-8-5-4-6-11(14)12(8)16-10(3)13-9(2)15-7-17-13/h4-7,10,16H,1-3H3. The second-order valence-electron chi connectivity index (χ2n) is 4.10. The normalized spacial score (nSPS) is 12.5. The SMILES string of the molecule is Cc1cccc(F)c1NC(C)c1scnc1C. The van der Waals surface area contributed by atoms with Gasteiger partial charge >= 0.3 is 0 Å². The second kappa shape index (κ2) is 4.84. The molecule has 2 aromatic rings. The van der Waals surface area contributed by atoms with Crippen LogP contribution in [0.15, 0.2) is 23.7 Å². The molecule has 1 unspecified atom stereocenters. The summed E-state index contributed by atoms with van der Waals surface area (Å²) in [6.45, 7) is 5.89. The van der Waals surface area contributed by atoms with Crippen molar-refractivity contribution < 1.29 is 4.39 Å². The molecule has 0 saturated carbocycles. The monoisotopic (exact) mass is 250 g/mol. The van der Waals surface area contributed by atoms with Gasteiger partial charge in [-0.3, -0.25) is 0 Å². The summed E-state index contributed by atoms with van der Waals surface area (Å²) in [7, 11) is 0. The average Bonchev–Trinajstić information content (AvgIpc) is 2.70. The van der Waals surface area contributed by atoms with Gasteiger partial charge in [0.2, 0.25) is 0 Å². The maximum atomic E-state index is 13.7. The highest BCUT2D eigenvalue weighted by atomic mass is 32.1. The molecule has 1 N–H and O–H groups in total. The van der Waals surface area contributed by atoms with Gasteiger partial charge in [-0.15, -0.1) is 11.3 Å². The van der Waals surface area contributed by atoms with Crippen molar-refractivity contribution in [3.63, 3.8) is 0 Å². The highest BCUT2D eigenvalue weighted by Gasteiger charge is 2.13. The van der Waals surface area contributed by atoms with Crippen molar-refractivity contribution in [1.29, 1.82) is 0 Å². The first-order valence-electron chi connectivity index (χ1n) is 5.51. The molecule has 2 rings (SSSR count). The van der Waals surface area contributed by atoms with Gasteiger partial charge in [-0.1, -0.05) is 12.1 Å². The fraction of sp³-hybridized carbons (Fsp3) is 0.308. The van der Waals surface area contributed by atoms with E-state index in [2.05, 4.69) is 10.3 Å². The summed E-state index contributed by atoms with van der Waals surface area (Å²) in [4.78, 5) is 5.35. The highest BCUT2D eigenvalue weighted by Crippen LogP contribution is 2.28. The Morgan fingerprint density at radius 1 is 1.35 bits per heavy atom. The van der Waals surface area contributed by atoms with E-state index in [4.69, 9.17) is 0 Å². The number of halogens is 1. The Balaban J connectivity index is 2.25. The second-order valence-corrected chi connectivity index (χ2v) is 4.99. The Morgan fingerprint density at radius 2 is 2.12 bits per heavy atom. The molecule has 1 heterocycles. The lowest BCUT2D eigenvalue weighted by Gasteiger charge is -2.16. The molecule has 0 spiro atoms. The zero-order valence-corrected chi connectivity index (χ0v) is 10.9. The van der Waals surface area contributed by atoms with E-state index >= 15 is 0 Å². The first kappa shape index (κ1) is 12.0. The largest absolute Gasteiger partial charge is 0.375 e. The van der Waals surface area contributed by atoms with Gasteiger partial charge in [0.25, 0.3) is 0 Å². The maximum Gasteiger partial charge on any atom is 0.146 e. The zero-order chi connectivity index (χ0) is 12.4. The highest BCUT2D eigenvalue weighted by molar-refractivity contribution is 7.09. The molecule has 1 aromatic heterocycles. The molecule has 0 bridgehead atoms. The molecular formula is C13H15FN2S. The minimum Gasteiger partial charge on any atom is -0.375 e. The smallest absolute Gasteiger partial charge is 0.146 e. The van der Waals surface area contributed by atoms with Crippen LogP contribution in [0, 0.1) is 19.7 Å². The Bertz CT molecular complexity index is 502. The van der Waals surface area contributed by atoms with Gasteiger partial charge in [0.05, 0.1) is 22.9 Å². The van der Waals surface area contributed by atoms with Crippen LogP contribution in [0.25, 0.3) is 0 Å². The number of thiazole rings is 1. The molecule has 1 aromatic carbocycles. The van der Waals surface area contributed by atoms with Crippen molar-refractivity contribution in [3.05, 3.63) is 45.7 Å². The molecule has 0 saturated heterocycles. The summed E-state index contributed by atoms with van der Waals surface area (Å²) in [5.41, 5.74) is 4.31. The summed E-state index contributed by atoms with van der Waals surface area (Å²) in [6.07, 6.45) is 0. The first-order valence-corrected chi connectivity index (χ1v) is 6.39. The van der Waals surface area contributed by atoms with Crippen LogP contribution < -0.4 is 5.32 Å². The molecule has 0 aliphatic heterocycles. The van der Waals surface area contributed by atoms with Gasteiger partial charge in [-0.2, -0.15) is 0 Å². The van der Waals surface area contributed by atoms with Crippen molar-refractivity contribution >= 4 is 17.0 Å². The van der Waals surface area contributed by atoms with Crippen molar-refractivity contribution in [2.45, 2.75) is 26.8 Å². The number of anilines is 1. The summed E-state index contributed by atoms with van der Waals surface area (Å²) >= 11 is 1.59. The molecule has 17 heavy (non-hydrogen) atoms. The fourth-order valence-corrected chi connectivity index (χ4v) is 2.63. The zero-order valence-electron chi connectivity index (χ0n) is 10.1. The van der Waals surface area contributed by atoms with Crippen molar-refractivity contribution in [2.75, 3.05) is 5.32 Å². The lowest BCUT2D eigenvalue weighted by atomic mass is 10.1. The average molecular weight is 250 g/mol. The van der Waals surface area contributed by atoms with Gasteiger partial charge in [-0.05, 0) is 32.4 Å². The molecule has 4 heteroatoms. The number of hydrogen-bond donors (Lipinski definition) is 1. The minimum absolute atomic E-state index is 0.0677. The summed E-state index contributed by atoms with van der Waals surface area (Å²) in [5.74, 6) is -0.209. The molecule has 1 atom stereocenters. The van der Waals surface area contributed by atoms with Crippen molar-refractivity contribution in [2.24, 2.45) is 0 Å². The number of aryl methyl sites for hydroxylation is 2. The van der Waals surface area contributed by atoms with E-state index in [-0.39, 0.29) is 11.9 Å². The first-order chi connectivity index (χ1) is 8.09. The molecule has 90 valence electrons. The third kappa shape index (κ3) is 2.47. The Hall–Kier alpha value is -1.42. The number of aromatic nitrogens is 1. The topological polar surface area (TPSA) is 24.9 Å². The van der Waals surface area contributed by atoms with Crippen LogP contribution in [0.1, 0.15) is 29.1 Å². The predicted molar refractivity (Wildman–Crippen MR) is 70.0 cm³/mol. The van der Waals surface area contributed by atoms with Crippen LogP contribution in [-0.4, -0.2) is 4.98 Å². The third-order valence-corrected chi connectivity index (χ3v) is 3.87. The predicted octanol–water partition coefficient (Wildman–Crippen LogP) is 4.07. The molecule has 2 nitrogen and oxygen atoms in total. The van der Waals surface area contributed by atoms with Crippen LogP contribution in [0.5, 0.6) is 0 Å². The number of rotatable bonds is 3. The summed E-state index contributed by atoms with van der Waals surface area (Å²) < 4.78 is 13.7. The number of para-hydroxylation sites is 1. The van der Waals surface area contributed by atoms with E-state index in [1.54, 1.807) is 17.4 Å². The van der Waals surface area contributed by atoms with Crippen molar-refractivity contribution in [3.8, 4) is 0 Å². The fourth-order valence-electron chi connectivity index (χ4n) is 1.82. The lowest BCUT2D eigenvalue weighted by molar-refractivity contribution is 0.626. The Kier molecular flexibility index (Phi) is 3.43. The van der Waals surface area contributed by atoms with E-state index < -0.39 is 0 Å². The van der Waals surface area contributed by atoms with Gasteiger partial charge in [-0.25, -0.2) is 9.37 Å². The quantitative estimate of drug-likeness (QED) is 0.888. The van der Waals surface area contributed by atoms with Crippen molar-refractivity contribution in [1.82, 2.24) is 4.98 Å². The molecule has 0 fully saturated rings. The van der Waals surface area contributed by atoms with Crippen LogP contribution in [0.4, 0.5) is 10.1 Å². The number of benzene rings is 1. The Morgan fingerprint density at radius 3 is 2.71 bits per heavy atom. The van der Waals surface area contributed by atoms with Crippen LogP contribution in [-0.2, 0) is 0 Å². The summed E-state index contributed by atoms with van der Waals surface area (Å²) in [6, 6.07) is 5.16. The lowest BCUT2D eigenvalue weighted by Crippen LogP contribution is -2.09. The number of hydrogen-bond acceptors (Lipinski definition) is 3. The van der Waals surface area contributed by atoms with E-state index in [0.29, 0.717) is 5.69 Å². The van der Waals surface area contributed by atoms with Crippen LogP contribution in [0.2, 0.25) is 0 Å². The third-order valence-electron chi connectivity index (χ3n) is 2.76. The Labute approximate surface area is 105 Å². The van der Waals surface area contributed by atoms with Gasteiger partial charge in [0.1, 0.15) is 5.82 Å². The van der Waals surface area contributed by atoms with E-state index in [1.165, 1.54) is 6.07 Å².